The third kappa shape index (κ3) is 35.3. The third-order valence-electron chi connectivity index (χ3n) is 15.1. The smallest absolute Gasteiger partial charge is 0.220 e. The molecule has 0 aromatic heterocycles. The van der Waals surface area contributed by atoms with Gasteiger partial charge in [0.05, 0.1) is 32.0 Å². The van der Waals surface area contributed by atoms with Crippen molar-refractivity contribution in [1.82, 2.24) is 5.32 Å². The van der Waals surface area contributed by atoms with Gasteiger partial charge < -0.3 is 65.1 Å². The highest BCUT2D eigenvalue weighted by Crippen LogP contribution is 2.30. The first-order valence-electron chi connectivity index (χ1n) is 31.8. The fraction of sp³-hybridized carbons (Fsp3) is 0.773. The van der Waals surface area contributed by atoms with Crippen molar-refractivity contribution in [3.63, 3.8) is 0 Å². The van der Waals surface area contributed by atoms with Crippen molar-refractivity contribution in [3.05, 3.63) is 85.1 Å². The highest BCUT2D eigenvalue weighted by atomic mass is 16.7. The average molecular weight is 1130 g/mol. The maximum absolute atomic E-state index is 13.3. The minimum absolute atomic E-state index is 0.247. The van der Waals surface area contributed by atoms with E-state index in [0.717, 1.165) is 83.5 Å². The Bertz CT molecular complexity index is 1660. The molecule has 0 aromatic carbocycles. The standard InChI is InChI=1S/C66H115NO13/c1-3-5-7-9-11-13-15-17-19-21-23-25-27-29-31-33-35-37-39-41-43-45-47-49-55(70)54(53-77-65-63(76)61(74)64(57(52-69)79-65)80-66-62(75)60(73)59(72)56(51-68)78-66)67-58(71)50-48-46-44-42-40-38-36-34-32-30-28-26-24-22-20-18-16-14-12-10-8-6-4-2/h6,8,12,14,18,20,24,26,30,32,36,38,47,49,54-57,59-66,68-70,72-76H,3-5,7,9-11,13,15-17,19,21-23,25,27-29,31,33-35,37,39-46,48,50-53H2,1-2H3,(H,67,71)/b8-6-,14-12-,20-18-,26-24-,32-30-,38-36-,49-47+. The van der Waals surface area contributed by atoms with Crippen molar-refractivity contribution in [2.75, 3.05) is 19.8 Å². The highest BCUT2D eigenvalue weighted by molar-refractivity contribution is 5.76. The number of aliphatic hydroxyl groups excluding tert-OH is 8. The molecule has 14 nitrogen and oxygen atoms in total. The van der Waals surface area contributed by atoms with Crippen molar-refractivity contribution >= 4 is 5.91 Å². The lowest BCUT2D eigenvalue weighted by molar-refractivity contribution is -0.359. The Morgan fingerprint density at radius 1 is 0.463 bits per heavy atom. The molecule has 12 atom stereocenters. The van der Waals surface area contributed by atoms with E-state index in [-0.39, 0.29) is 18.9 Å². The molecule has 0 bridgehead atoms. The number of hydrogen-bond donors (Lipinski definition) is 9. The first-order chi connectivity index (χ1) is 39.1. The monoisotopic (exact) mass is 1130 g/mol. The van der Waals surface area contributed by atoms with E-state index in [9.17, 15) is 45.6 Å². The molecular weight excluding hydrogens is 1010 g/mol. The van der Waals surface area contributed by atoms with Gasteiger partial charge in [-0.25, -0.2) is 0 Å². The number of carbonyl (C=O) groups is 1. The Balaban J connectivity index is 1.76. The Hall–Kier alpha value is -2.83. The molecule has 0 radical (unpaired) electrons. The molecule has 0 spiro atoms. The zero-order chi connectivity index (χ0) is 58.1. The molecule has 80 heavy (non-hydrogen) atoms. The van der Waals surface area contributed by atoms with Crippen LogP contribution in [-0.2, 0) is 23.7 Å². The van der Waals surface area contributed by atoms with E-state index in [1.165, 1.54) is 122 Å². The molecular formula is C66H115NO13. The molecule has 462 valence electrons. The topological polar surface area (TPSA) is 228 Å². The second-order valence-electron chi connectivity index (χ2n) is 22.2. The van der Waals surface area contributed by atoms with Crippen LogP contribution in [0.5, 0.6) is 0 Å². The molecule has 2 fully saturated rings. The largest absolute Gasteiger partial charge is 0.394 e. The quantitative estimate of drug-likeness (QED) is 0.0204. The fourth-order valence-electron chi connectivity index (χ4n) is 10.0. The number of aliphatic hydroxyl groups is 8. The molecule has 2 rings (SSSR count). The van der Waals surface area contributed by atoms with Gasteiger partial charge in [0.1, 0.15) is 48.8 Å². The van der Waals surface area contributed by atoms with Crippen LogP contribution >= 0.6 is 0 Å². The lowest BCUT2D eigenvalue weighted by Gasteiger charge is -2.46. The molecule has 0 saturated carbocycles. The van der Waals surface area contributed by atoms with Crippen LogP contribution in [0.4, 0.5) is 0 Å². The van der Waals surface area contributed by atoms with E-state index in [2.05, 4.69) is 92.1 Å². The molecule has 12 unspecified atom stereocenters. The third-order valence-corrected chi connectivity index (χ3v) is 15.1. The van der Waals surface area contributed by atoms with Gasteiger partial charge in [0.15, 0.2) is 12.6 Å². The molecule has 2 saturated heterocycles. The summed E-state index contributed by atoms with van der Waals surface area (Å²) in [5, 5.41) is 87.2. The summed E-state index contributed by atoms with van der Waals surface area (Å²) in [6.07, 6.45) is 51.9. The maximum Gasteiger partial charge on any atom is 0.220 e. The van der Waals surface area contributed by atoms with E-state index in [0.29, 0.717) is 6.42 Å². The minimum Gasteiger partial charge on any atom is -0.394 e. The van der Waals surface area contributed by atoms with Gasteiger partial charge in [-0.15, -0.1) is 0 Å². The molecule has 14 heteroatoms. The minimum atomic E-state index is -1.80. The van der Waals surface area contributed by atoms with E-state index in [4.69, 9.17) is 18.9 Å². The van der Waals surface area contributed by atoms with E-state index < -0.39 is 86.8 Å². The van der Waals surface area contributed by atoms with Crippen LogP contribution in [0.2, 0.25) is 0 Å². The second-order valence-corrected chi connectivity index (χ2v) is 22.2. The van der Waals surface area contributed by atoms with Gasteiger partial charge in [-0.05, 0) is 70.6 Å². The van der Waals surface area contributed by atoms with Gasteiger partial charge >= 0.3 is 0 Å². The number of ether oxygens (including phenoxy) is 4. The predicted molar refractivity (Wildman–Crippen MR) is 323 cm³/mol. The lowest BCUT2D eigenvalue weighted by Crippen LogP contribution is -2.65. The SMILES string of the molecule is CC/C=C\C/C=C\C/C=C\C/C=C\C/C=C\C/C=C\CCCCCCC(=O)NC(COC1OC(CO)C(OC2OC(CO)C(O)C(O)C2O)C(O)C1O)C(O)/C=C/CCCCCCCCCCCCCCCCCCCCCCC. The van der Waals surface area contributed by atoms with E-state index >= 15 is 0 Å². The summed E-state index contributed by atoms with van der Waals surface area (Å²) in [4.78, 5) is 13.3. The number of rotatable bonds is 50. The van der Waals surface area contributed by atoms with Crippen LogP contribution < -0.4 is 5.32 Å². The summed E-state index contributed by atoms with van der Waals surface area (Å²) in [5.74, 6) is -0.265. The molecule has 0 aliphatic carbocycles. The van der Waals surface area contributed by atoms with Crippen LogP contribution in [0.15, 0.2) is 85.1 Å². The molecule has 2 aliphatic heterocycles. The van der Waals surface area contributed by atoms with E-state index in [1.807, 2.05) is 6.08 Å². The molecule has 0 aromatic rings. The number of unbranched alkanes of at least 4 members (excludes halogenated alkanes) is 25. The number of nitrogens with one attached hydrogen (secondary N) is 1. The van der Waals surface area contributed by atoms with Gasteiger partial charge in [-0.2, -0.15) is 0 Å². The van der Waals surface area contributed by atoms with Crippen LogP contribution in [0.1, 0.15) is 232 Å². The van der Waals surface area contributed by atoms with Crippen LogP contribution in [0.25, 0.3) is 0 Å². The zero-order valence-corrected chi connectivity index (χ0v) is 49.8. The number of allylic oxidation sites excluding steroid dienone is 13. The van der Waals surface area contributed by atoms with Gasteiger partial charge in [0, 0.05) is 6.42 Å². The second kappa shape index (κ2) is 50.7. The van der Waals surface area contributed by atoms with Crippen molar-refractivity contribution in [1.29, 1.82) is 0 Å². The van der Waals surface area contributed by atoms with Crippen LogP contribution in [0, 0.1) is 0 Å². The van der Waals surface area contributed by atoms with Crippen molar-refractivity contribution in [2.45, 2.75) is 306 Å². The Kier molecular flexibility index (Phi) is 46.4. The molecule has 2 heterocycles. The van der Waals surface area contributed by atoms with Gasteiger partial charge in [0.2, 0.25) is 5.91 Å². The molecule has 9 N–H and O–H groups in total. The summed E-state index contributed by atoms with van der Waals surface area (Å²) >= 11 is 0. The maximum atomic E-state index is 13.3. The van der Waals surface area contributed by atoms with Crippen molar-refractivity contribution < 1.29 is 64.6 Å². The number of amides is 1. The van der Waals surface area contributed by atoms with Crippen LogP contribution in [-0.4, -0.2) is 140 Å². The summed E-state index contributed by atoms with van der Waals surface area (Å²) < 4.78 is 22.8. The summed E-state index contributed by atoms with van der Waals surface area (Å²) in [6.45, 7) is 2.68. The lowest BCUT2D eigenvalue weighted by atomic mass is 9.97. The summed E-state index contributed by atoms with van der Waals surface area (Å²) in [6, 6.07) is -0.935. The van der Waals surface area contributed by atoms with Gasteiger partial charge in [-0.1, -0.05) is 240 Å². The number of carbonyl (C=O) groups excluding carboxylic acids is 1. The highest BCUT2D eigenvalue weighted by Gasteiger charge is 2.51. The van der Waals surface area contributed by atoms with Crippen molar-refractivity contribution in [3.8, 4) is 0 Å². The number of hydrogen-bond acceptors (Lipinski definition) is 13. The first kappa shape index (κ1) is 73.3. The average Bonchev–Trinajstić information content (AvgIpc) is 3.46. The Morgan fingerprint density at radius 3 is 1.32 bits per heavy atom. The first-order valence-corrected chi connectivity index (χ1v) is 31.8. The van der Waals surface area contributed by atoms with Gasteiger partial charge in [0.25, 0.3) is 0 Å². The Morgan fingerprint density at radius 2 is 0.863 bits per heavy atom. The fourth-order valence-corrected chi connectivity index (χ4v) is 10.0. The molecule has 1 amide bonds. The Labute approximate surface area is 484 Å². The van der Waals surface area contributed by atoms with Crippen LogP contribution in [0.3, 0.4) is 0 Å². The zero-order valence-electron chi connectivity index (χ0n) is 49.8. The van der Waals surface area contributed by atoms with Gasteiger partial charge in [-0.3, -0.25) is 4.79 Å². The molecule has 2 aliphatic rings. The van der Waals surface area contributed by atoms with E-state index in [1.54, 1.807) is 6.08 Å². The predicted octanol–water partition coefficient (Wildman–Crippen LogP) is 11.7. The van der Waals surface area contributed by atoms with Crippen molar-refractivity contribution in [2.24, 2.45) is 0 Å². The summed E-state index contributed by atoms with van der Waals surface area (Å²) in [5.41, 5.74) is 0. The summed E-state index contributed by atoms with van der Waals surface area (Å²) in [7, 11) is 0. The normalized spacial score (nSPS) is 24.8.